The number of anilines is 1. The van der Waals surface area contributed by atoms with Crippen molar-refractivity contribution < 1.29 is 0 Å². The summed E-state index contributed by atoms with van der Waals surface area (Å²) in [5, 5.41) is 0. The van der Waals surface area contributed by atoms with E-state index in [9.17, 15) is 0 Å². The average Bonchev–Trinajstić information content (AvgIpc) is 2.05. The lowest BCUT2D eigenvalue weighted by Crippen LogP contribution is -2.18. The number of aromatic nitrogens is 1. The average molecular weight is 229 g/mol. The van der Waals surface area contributed by atoms with Gasteiger partial charge in [-0.1, -0.05) is 22.9 Å². The van der Waals surface area contributed by atoms with Gasteiger partial charge >= 0.3 is 0 Å². The molecule has 66 valence electrons. The van der Waals surface area contributed by atoms with Gasteiger partial charge in [-0.3, -0.25) is 0 Å². The Morgan fingerprint density at radius 1 is 1.58 bits per heavy atom. The number of hydrogen-bond acceptors (Lipinski definition) is 2. The molecule has 0 unspecified atom stereocenters. The van der Waals surface area contributed by atoms with Crippen LogP contribution in [-0.2, 0) is 0 Å². The molecular formula is C9H13BrN2. The summed E-state index contributed by atoms with van der Waals surface area (Å²) >= 11 is 3.41. The fraction of sp³-hybridized carbons (Fsp3) is 0.444. The van der Waals surface area contributed by atoms with E-state index < -0.39 is 0 Å². The van der Waals surface area contributed by atoms with E-state index in [2.05, 4.69) is 39.8 Å². The van der Waals surface area contributed by atoms with Gasteiger partial charge in [0.25, 0.3) is 0 Å². The van der Waals surface area contributed by atoms with Gasteiger partial charge in [0, 0.05) is 24.3 Å². The Kier molecular flexibility index (Phi) is 3.53. The molecule has 12 heavy (non-hydrogen) atoms. The Morgan fingerprint density at radius 3 is 2.92 bits per heavy atom. The lowest BCUT2D eigenvalue weighted by atomic mass is 10.4. The second kappa shape index (κ2) is 4.45. The van der Waals surface area contributed by atoms with Gasteiger partial charge in [0.15, 0.2) is 0 Å². The van der Waals surface area contributed by atoms with Gasteiger partial charge < -0.3 is 4.90 Å². The molecule has 0 atom stereocenters. The van der Waals surface area contributed by atoms with Crippen molar-refractivity contribution in [1.82, 2.24) is 4.98 Å². The maximum atomic E-state index is 4.25. The summed E-state index contributed by atoms with van der Waals surface area (Å²) in [6, 6.07) is 3.96. The van der Waals surface area contributed by atoms with Crippen LogP contribution in [0.3, 0.4) is 0 Å². The van der Waals surface area contributed by atoms with Crippen molar-refractivity contribution in [1.29, 1.82) is 0 Å². The molecule has 0 saturated carbocycles. The largest absolute Gasteiger partial charge is 0.360 e. The second-order valence-corrected chi connectivity index (χ2v) is 3.67. The molecule has 0 bridgehead atoms. The lowest BCUT2D eigenvalue weighted by molar-refractivity contribution is 0.837. The summed E-state index contributed by atoms with van der Waals surface area (Å²) in [6.45, 7) is 3.21. The summed E-state index contributed by atoms with van der Waals surface area (Å²) < 4.78 is 1.08. The fourth-order valence-electron chi connectivity index (χ4n) is 1.05. The first-order chi connectivity index (χ1) is 5.74. The molecule has 3 heteroatoms. The van der Waals surface area contributed by atoms with Gasteiger partial charge in [-0.25, -0.2) is 4.98 Å². The number of halogens is 1. The second-order valence-electron chi connectivity index (χ2n) is 2.75. The molecule has 1 aromatic rings. The summed E-state index contributed by atoms with van der Waals surface area (Å²) in [5.74, 6) is 1.02. The predicted molar refractivity (Wildman–Crippen MR) is 55.5 cm³/mol. The molecular weight excluding hydrogens is 216 g/mol. The van der Waals surface area contributed by atoms with E-state index in [0.29, 0.717) is 0 Å². The summed E-state index contributed by atoms with van der Waals surface area (Å²) in [7, 11) is 2.05. The van der Waals surface area contributed by atoms with Crippen LogP contribution in [0.4, 0.5) is 5.82 Å². The smallest absolute Gasteiger partial charge is 0.129 e. The van der Waals surface area contributed by atoms with Crippen molar-refractivity contribution >= 4 is 21.7 Å². The van der Waals surface area contributed by atoms with Crippen molar-refractivity contribution in [3.05, 3.63) is 22.8 Å². The van der Waals surface area contributed by atoms with Crippen molar-refractivity contribution in [3.63, 3.8) is 0 Å². The van der Waals surface area contributed by atoms with Crippen LogP contribution in [0.5, 0.6) is 0 Å². The van der Waals surface area contributed by atoms with E-state index in [1.54, 1.807) is 0 Å². The predicted octanol–water partition coefficient (Wildman–Crippen LogP) is 2.69. The van der Waals surface area contributed by atoms with Gasteiger partial charge in [-0.05, 0) is 18.6 Å². The molecule has 0 spiro atoms. The Bertz CT molecular complexity index is 250. The minimum atomic E-state index is 1.02. The standard InChI is InChI=1S/C9H13BrN2/c1-3-6-12(2)9-7-8(10)4-5-11-9/h4-5,7H,3,6H2,1-2H3. The molecule has 0 aliphatic heterocycles. The molecule has 0 fully saturated rings. The number of pyridine rings is 1. The first-order valence-corrected chi connectivity index (χ1v) is 4.86. The lowest BCUT2D eigenvalue weighted by Gasteiger charge is -2.16. The monoisotopic (exact) mass is 228 g/mol. The zero-order valence-corrected chi connectivity index (χ0v) is 9.00. The minimum absolute atomic E-state index is 1.02. The highest BCUT2D eigenvalue weighted by molar-refractivity contribution is 9.10. The van der Waals surface area contributed by atoms with Gasteiger partial charge in [0.1, 0.15) is 5.82 Å². The highest BCUT2D eigenvalue weighted by Gasteiger charge is 1.99. The van der Waals surface area contributed by atoms with Gasteiger partial charge in [0.2, 0.25) is 0 Å². The highest BCUT2D eigenvalue weighted by atomic mass is 79.9. The first kappa shape index (κ1) is 9.52. The Morgan fingerprint density at radius 2 is 2.33 bits per heavy atom. The van der Waals surface area contributed by atoms with E-state index in [1.165, 1.54) is 0 Å². The number of nitrogens with zero attached hydrogens (tertiary/aromatic N) is 2. The molecule has 2 nitrogen and oxygen atoms in total. The van der Waals surface area contributed by atoms with Crippen LogP contribution in [0, 0.1) is 0 Å². The quantitative estimate of drug-likeness (QED) is 0.792. The Balaban J connectivity index is 2.73. The van der Waals surface area contributed by atoms with Crippen molar-refractivity contribution in [3.8, 4) is 0 Å². The van der Waals surface area contributed by atoms with E-state index in [1.807, 2.05) is 18.3 Å². The van der Waals surface area contributed by atoms with Gasteiger partial charge in [-0.15, -0.1) is 0 Å². The van der Waals surface area contributed by atoms with Crippen LogP contribution in [0.1, 0.15) is 13.3 Å². The normalized spacial score (nSPS) is 9.92. The Hall–Kier alpha value is -0.570. The van der Waals surface area contributed by atoms with Crippen LogP contribution in [0.25, 0.3) is 0 Å². The molecule has 0 aromatic carbocycles. The molecule has 0 aliphatic rings. The highest BCUT2D eigenvalue weighted by Crippen LogP contribution is 2.15. The van der Waals surface area contributed by atoms with Crippen LogP contribution >= 0.6 is 15.9 Å². The third-order valence-electron chi connectivity index (χ3n) is 1.66. The molecule has 0 aliphatic carbocycles. The molecule has 0 saturated heterocycles. The topological polar surface area (TPSA) is 16.1 Å². The van der Waals surface area contributed by atoms with Crippen LogP contribution < -0.4 is 4.90 Å². The summed E-state index contributed by atoms with van der Waals surface area (Å²) in [5.41, 5.74) is 0. The molecule has 1 rings (SSSR count). The van der Waals surface area contributed by atoms with Crippen LogP contribution in [-0.4, -0.2) is 18.6 Å². The fourth-order valence-corrected chi connectivity index (χ4v) is 1.38. The number of rotatable bonds is 3. The zero-order valence-electron chi connectivity index (χ0n) is 7.42. The van der Waals surface area contributed by atoms with Crippen molar-refractivity contribution in [2.45, 2.75) is 13.3 Å². The number of hydrogen-bond donors (Lipinski definition) is 0. The van der Waals surface area contributed by atoms with Crippen LogP contribution in [0.15, 0.2) is 22.8 Å². The Labute approximate surface area is 81.7 Å². The minimum Gasteiger partial charge on any atom is -0.360 e. The third kappa shape index (κ3) is 2.48. The van der Waals surface area contributed by atoms with Crippen molar-refractivity contribution in [2.24, 2.45) is 0 Å². The molecule has 1 aromatic heterocycles. The summed E-state index contributed by atoms with van der Waals surface area (Å²) in [6.07, 6.45) is 2.95. The third-order valence-corrected chi connectivity index (χ3v) is 2.15. The zero-order chi connectivity index (χ0) is 8.97. The van der Waals surface area contributed by atoms with E-state index in [4.69, 9.17) is 0 Å². The van der Waals surface area contributed by atoms with E-state index >= 15 is 0 Å². The maximum absolute atomic E-state index is 4.25. The molecule has 1 heterocycles. The summed E-state index contributed by atoms with van der Waals surface area (Å²) in [4.78, 5) is 6.40. The first-order valence-electron chi connectivity index (χ1n) is 4.06. The van der Waals surface area contributed by atoms with Crippen molar-refractivity contribution in [2.75, 3.05) is 18.5 Å². The molecule has 0 amide bonds. The maximum Gasteiger partial charge on any atom is 0.129 e. The molecule has 0 radical (unpaired) electrons. The molecule has 0 N–H and O–H groups in total. The van der Waals surface area contributed by atoms with Gasteiger partial charge in [0.05, 0.1) is 0 Å². The van der Waals surface area contributed by atoms with E-state index in [0.717, 1.165) is 23.3 Å². The SMILES string of the molecule is CCCN(C)c1cc(Br)ccn1. The van der Waals surface area contributed by atoms with Crippen LogP contribution in [0.2, 0.25) is 0 Å². The van der Waals surface area contributed by atoms with E-state index in [-0.39, 0.29) is 0 Å². The van der Waals surface area contributed by atoms with Gasteiger partial charge in [-0.2, -0.15) is 0 Å².